The molecule has 3 aromatic carbocycles. The summed E-state index contributed by atoms with van der Waals surface area (Å²) < 4.78 is 7.07. The average Bonchev–Trinajstić information content (AvgIpc) is 2.55. The second-order valence-electron chi connectivity index (χ2n) is 4.78. The molecule has 0 aliphatic rings. The van der Waals surface area contributed by atoms with Crippen LogP contribution in [0.3, 0.4) is 0 Å². The topological polar surface area (TPSA) is 9.23 Å². The van der Waals surface area contributed by atoms with Crippen LogP contribution in [0.2, 0.25) is 0 Å². The fourth-order valence-corrected chi connectivity index (χ4v) is 2.46. The summed E-state index contributed by atoms with van der Waals surface area (Å²) in [6.45, 7) is 0.578. The number of rotatable bonds is 4. The maximum Gasteiger partial charge on any atom is 0.127 e. The lowest BCUT2D eigenvalue weighted by molar-refractivity contribution is 0.307. The third-order valence-corrected chi connectivity index (χ3v) is 3.81. The van der Waals surface area contributed by atoms with Crippen molar-refractivity contribution in [3.05, 3.63) is 88.9 Å². The quantitative estimate of drug-likeness (QED) is 0.593. The van der Waals surface area contributed by atoms with Crippen LogP contribution in [-0.4, -0.2) is 0 Å². The second-order valence-corrected chi connectivity index (χ2v) is 5.69. The zero-order valence-electron chi connectivity index (χ0n) is 11.5. The molecule has 0 unspecified atom stereocenters. The highest BCUT2D eigenvalue weighted by Gasteiger charge is 2.05. The van der Waals surface area contributed by atoms with Crippen LogP contribution in [0.15, 0.2) is 83.3 Å². The van der Waals surface area contributed by atoms with Gasteiger partial charge in [-0.25, -0.2) is 0 Å². The molecule has 0 N–H and O–H groups in total. The number of hydrogen-bond acceptors (Lipinski definition) is 1. The van der Waals surface area contributed by atoms with Gasteiger partial charge in [0.2, 0.25) is 0 Å². The molecule has 3 aromatic rings. The molecule has 1 nitrogen and oxygen atoms in total. The van der Waals surface area contributed by atoms with Gasteiger partial charge in [-0.1, -0.05) is 76.6 Å². The predicted octanol–water partition coefficient (Wildman–Crippen LogP) is 5.70. The van der Waals surface area contributed by atoms with Crippen molar-refractivity contribution in [2.75, 3.05) is 0 Å². The molecular formula is C19H15BrO. The Labute approximate surface area is 133 Å². The van der Waals surface area contributed by atoms with Crippen molar-refractivity contribution in [3.63, 3.8) is 0 Å². The summed E-state index contributed by atoms with van der Waals surface area (Å²) in [5.74, 6) is 0.906. The van der Waals surface area contributed by atoms with Gasteiger partial charge in [-0.05, 0) is 29.3 Å². The normalized spacial score (nSPS) is 10.3. The summed E-state index contributed by atoms with van der Waals surface area (Å²) in [5.41, 5.74) is 3.44. The Morgan fingerprint density at radius 2 is 1.38 bits per heavy atom. The zero-order valence-corrected chi connectivity index (χ0v) is 13.1. The molecular weight excluding hydrogens is 324 g/mol. The summed E-state index contributed by atoms with van der Waals surface area (Å²) in [7, 11) is 0. The number of para-hydroxylation sites is 1. The van der Waals surface area contributed by atoms with Crippen molar-refractivity contribution >= 4 is 15.9 Å². The molecule has 0 heterocycles. The van der Waals surface area contributed by atoms with Gasteiger partial charge in [0, 0.05) is 10.0 Å². The van der Waals surface area contributed by atoms with Crippen LogP contribution in [0.25, 0.3) is 11.1 Å². The standard InChI is InChI=1S/C19H15BrO/c20-17-12-10-16(11-13-17)18-8-4-5-9-19(18)21-14-15-6-2-1-3-7-15/h1-13H,14H2. The van der Waals surface area contributed by atoms with Crippen molar-refractivity contribution in [2.24, 2.45) is 0 Å². The highest BCUT2D eigenvalue weighted by molar-refractivity contribution is 9.10. The van der Waals surface area contributed by atoms with E-state index in [0.717, 1.165) is 21.3 Å². The monoisotopic (exact) mass is 338 g/mol. The Morgan fingerprint density at radius 1 is 0.714 bits per heavy atom. The molecule has 0 bridgehead atoms. The maximum atomic E-state index is 6.00. The lowest BCUT2D eigenvalue weighted by atomic mass is 10.0. The molecule has 0 aromatic heterocycles. The van der Waals surface area contributed by atoms with E-state index in [0.29, 0.717) is 6.61 Å². The minimum atomic E-state index is 0.578. The van der Waals surface area contributed by atoms with E-state index in [1.807, 2.05) is 48.5 Å². The number of halogens is 1. The van der Waals surface area contributed by atoms with Crippen LogP contribution in [0.4, 0.5) is 0 Å². The van der Waals surface area contributed by atoms with Crippen molar-refractivity contribution in [1.29, 1.82) is 0 Å². The van der Waals surface area contributed by atoms with Gasteiger partial charge in [0.05, 0.1) is 0 Å². The summed E-state index contributed by atoms with van der Waals surface area (Å²) in [6.07, 6.45) is 0. The molecule has 0 atom stereocenters. The van der Waals surface area contributed by atoms with Gasteiger partial charge in [-0.15, -0.1) is 0 Å². The lowest BCUT2D eigenvalue weighted by Gasteiger charge is -2.12. The molecule has 21 heavy (non-hydrogen) atoms. The van der Waals surface area contributed by atoms with Crippen molar-refractivity contribution < 1.29 is 4.74 Å². The molecule has 0 fully saturated rings. The van der Waals surface area contributed by atoms with Gasteiger partial charge in [0.15, 0.2) is 0 Å². The Morgan fingerprint density at radius 3 is 2.14 bits per heavy atom. The van der Waals surface area contributed by atoms with E-state index in [2.05, 4.69) is 46.3 Å². The number of benzene rings is 3. The van der Waals surface area contributed by atoms with Crippen molar-refractivity contribution in [1.82, 2.24) is 0 Å². The fraction of sp³-hybridized carbons (Fsp3) is 0.0526. The van der Waals surface area contributed by atoms with Crippen LogP contribution >= 0.6 is 15.9 Å². The van der Waals surface area contributed by atoms with E-state index in [4.69, 9.17) is 4.74 Å². The van der Waals surface area contributed by atoms with E-state index in [-0.39, 0.29) is 0 Å². The Bertz CT molecular complexity index is 705. The maximum absolute atomic E-state index is 6.00. The van der Waals surface area contributed by atoms with Crippen LogP contribution in [-0.2, 0) is 6.61 Å². The van der Waals surface area contributed by atoms with E-state index >= 15 is 0 Å². The average molecular weight is 339 g/mol. The van der Waals surface area contributed by atoms with Gasteiger partial charge >= 0.3 is 0 Å². The minimum Gasteiger partial charge on any atom is -0.488 e. The molecule has 2 heteroatoms. The van der Waals surface area contributed by atoms with Crippen LogP contribution < -0.4 is 4.74 Å². The Balaban J connectivity index is 1.84. The van der Waals surface area contributed by atoms with Crippen LogP contribution in [0, 0.1) is 0 Å². The summed E-state index contributed by atoms with van der Waals surface area (Å²) in [5, 5.41) is 0. The summed E-state index contributed by atoms with van der Waals surface area (Å²) in [6, 6.07) is 26.6. The fourth-order valence-electron chi connectivity index (χ4n) is 2.20. The van der Waals surface area contributed by atoms with E-state index in [1.54, 1.807) is 0 Å². The first-order valence-electron chi connectivity index (χ1n) is 6.84. The highest BCUT2D eigenvalue weighted by atomic mass is 79.9. The van der Waals surface area contributed by atoms with Crippen molar-refractivity contribution in [2.45, 2.75) is 6.61 Å². The largest absolute Gasteiger partial charge is 0.488 e. The molecule has 0 spiro atoms. The number of ether oxygens (including phenoxy) is 1. The van der Waals surface area contributed by atoms with E-state index in [9.17, 15) is 0 Å². The first-order valence-corrected chi connectivity index (χ1v) is 7.64. The summed E-state index contributed by atoms with van der Waals surface area (Å²) in [4.78, 5) is 0. The third-order valence-electron chi connectivity index (χ3n) is 3.28. The minimum absolute atomic E-state index is 0.578. The second kappa shape index (κ2) is 6.59. The third kappa shape index (κ3) is 3.53. The van der Waals surface area contributed by atoms with Gasteiger partial charge in [-0.3, -0.25) is 0 Å². The zero-order chi connectivity index (χ0) is 14.5. The summed E-state index contributed by atoms with van der Waals surface area (Å²) >= 11 is 3.47. The molecule has 0 aliphatic heterocycles. The molecule has 0 amide bonds. The first kappa shape index (κ1) is 13.9. The van der Waals surface area contributed by atoms with E-state index in [1.165, 1.54) is 5.56 Å². The van der Waals surface area contributed by atoms with E-state index < -0.39 is 0 Å². The van der Waals surface area contributed by atoms with Gasteiger partial charge in [0.25, 0.3) is 0 Å². The molecule has 0 saturated heterocycles. The Kier molecular flexibility index (Phi) is 4.37. The molecule has 3 rings (SSSR count). The highest BCUT2D eigenvalue weighted by Crippen LogP contribution is 2.31. The molecule has 104 valence electrons. The lowest BCUT2D eigenvalue weighted by Crippen LogP contribution is -1.96. The van der Waals surface area contributed by atoms with Crippen LogP contribution in [0.1, 0.15) is 5.56 Å². The SMILES string of the molecule is Brc1ccc(-c2ccccc2OCc2ccccc2)cc1. The molecule has 0 saturated carbocycles. The van der Waals surface area contributed by atoms with Gasteiger partial charge in [0.1, 0.15) is 12.4 Å². The van der Waals surface area contributed by atoms with Crippen molar-refractivity contribution in [3.8, 4) is 16.9 Å². The van der Waals surface area contributed by atoms with Gasteiger partial charge in [-0.2, -0.15) is 0 Å². The van der Waals surface area contributed by atoms with Crippen LogP contribution in [0.5, 0.6) is 5.75 Å². The first-order chi connectivity index (χ1) is 10.3. The molecule has 0 radical (unpaired) electrons. The number of hydrogen-bond donors (Lipinski definition) is 0. The molecule has 0 aliphatic carbocycles. The Hall–Kier alpha value is -2.06. The predicted molar refractivity (Wildman–Crippen MR) is 90.4 cm³/mol. The smallest absolute Gasteiger partial charge is 0.127 e. The van der Waals surface area contributed by atoms with Gasteiger partial charge < -0.3 is 4.74 Å².